The van der Waals surface area contributed by atoms with E-state index in [4.69, 9.17) is 23.2 Å². The van der Waals surface area contributed by atoms with Crippen LogP contribution in [0.15, 0.2) is 24.3 Å². The first kappa shape index (κ1) is 14.2. The maximum atomic E-state index is 11.8. The number of hydrogen-bond donors (Lipinski definition) is 0. The summed E-state index contributed by atoms with van der Waals surface area (Å²) in [5.41, 5.74) is 4.40. The van der Waals surface area contributed by atoms with Crippen molar-refractivity contribution in [3.05, 3.63) is 51.8 Å². The first-order valence-corrected chi connectivity index (χ1v) is 6.92. The summed E-state index contributed by atoms with van der Waals surface area (Å²) in [5.74, 6) is -0.0731. The fourth-order valence-electron chi connectivity index (χ4n) is 2.29. The monoisotopic (exact) mass is 295 g/mol. The molecule has 0 aliphatic heterocycles. The first-order valence-electron chi connectivity index (χ1n) is 6.01. The Morgan fingerprint density at radius 1 is 1.26 bits per heavy atom. The zero-order chi connectivity index (χ0) is 14.2. The van der Waals surface area contributed by atoms with Crippen LogP contribution in [0.25, 0.3) is 5.69 Å². The Kier molecular flexibility index (Phi) is 4.02. The number of benzene rings is 1. The molecule has 2 rings (SSSR count). The Bertz CT molecular complexity index is 644. The summed E-state index contributed by atoms with van der Waals surface area (Å²) in [6.07, 6.45) is 0. The Balaban J connectivity index is 2.67. The summed E-state index contributed by atoms with van der Waals surface area (Å²) in [4.78, 5) is 11.8. The predicted molar refractivity (Wildman–Crippen MR) is 80.0 cm³/mol. The molecule has 0 saturated carbocycles. The molecule has 0 atom stereocenters. The summed E-state index contributed by atoms with van der Waals surface area (Å²) >= 11 is 12.0. The van der Waals surface area contributed by atoms with Gasteiger partial charge >= 0.3 is 0 Å². The summed E-state index contributed by atoms with van der Waals surface area (Å²) < 4.78 is 2.00. The molecule has 100 valence electrons. The summed E-state index contributed by atoms with van der Waals surface area (Å²) in [7, 11) is 0. The van der Waals surface area contributed by atoms with Crippen LogP contribution < -0.4 is 0 Å². The quantitative estimate of drug-likeness (QED) is 0.604. The van der Waals surface area contributed by atoms with E-state index < -0.39 is 0 Å². The van der Waals surface area contributed by atoms with E-state index in [-0.39, 0.29) is 11.7 Å². The largest absolute Gasteiger partial charge is 0.316 e. The standard InChI is InChI=1S/C15H15Cl2NO/c1-9-5-4-6-13(15(9)17)18-10(2)7-12(11(18)3)14(19)8-16/h4-7H,8H2,1-3H3. The smallest absolute Gasteiger partial charge is 0.179 e. The third-order valence-corrected chi connectivity index (χ3v) is 4.00. The molecule has 0 spiro atoms. The molecule has 0 amide bonds. The van der Waals surface area contributed by atoms with E-state index in [1.165, 1.54) is 0 Å². The average molecular weight is 296 g/mol. The molecule has 0 saturated heterocycles. The number of carbonyl (C=O) groups is 1. The van der Waals surface area contributed by atoms with Gasteiger partial charge in [0.1, 0.15) is 0 Å². The number of ketones is 1. The van der Waals surface area contributed by atoms with E-state index in [1.54, 1.807) is 0 Å². The van der Waals surface area contributed by atoms with E-state index in [1.807, 2.05) is 49.6 Å². The van der Waals surface area contributed by atoms with Gasteiger partial charge in [0.25, 0.3) is 0 Å². The van der Waals surface area contributed by atoms with Crippen molar-refractivity contribution in [2.45, 2.75) is 20.8 Å². The lowest BCUT2D eigenvalue weighted by Gasteiger charge is -2.13. The van der Waals surface area contributed by atoms with E-state index in [0.717, 1.165) is 22.6 Å². The molecular formula is C15H15Cl2NO. The van der Waals surface area contributed by atoms with Crippen molar-refractivity contribution in [2.75, 3.05) is 5.88 Å². The summed E-state index contributed by atoms with van der Waals surface area (Å²) in [6, 6.07) is 7.73. The highest BCUT2D eigenvalue weighted by Crippen LogP contribution is 2.28. The van der Waals surface area contributed by atoms with Crippen molar-refractivity contribution >= 4 is 29.0 Å². The summed E-state index contributed by atoms with van der Waals surface area (Å²) in [6.45, 7) is 5.83. The predicted octanol–water partition coefficient (Wildman–Crippen LogP) is 4.48. The van der Waals surface area contributed by atoms with Crippen LogP contribution in [0.2, 0.25) is 5.02 Å². The highest BCUT2D eigenvalue weighted by atomic mass is 35.5. The van der Waals surface area contributed by atoms with Crippen molar-refractivity contribution in [1.82, 2.24) is 4.57 Å². The maximum Gasteiger partial charge on any atom is 0.179 e. The topological polar surface area (TPSA) is 22.0 Å². The van der Waals surface area contributed by atoms with Gasteiger partial charge in [0.15, 0.2) is 5.78 Å². The third-order valence-electron chi connectivity index (χ3n) is 3.27. The molecule has 1 aromatic heterocycles. The SMILES string of the molecule is Cc1cccc(-n2c(C)cc(C(=O)CCl)c2C)c1Cl. The van der Waals surface area contributed by atoms with Crippen LogP contribution in [0, 0.1) is 20.8 Å². The van der Waals surface area contributed by atoms with Gasteiger partial charge in [-0.05, 0) is 38.5 Å². The normalized spacial score (nSPS) is 10.8. The lowest BCUT2D eigenvalue weighted by Crippen LogP contribution is -2.05. The minimum atomic E-state index is -0.0650. The molecule has 19 heavy (non-hydrogen) atoms. The van der Waals surface area contributed by atoms with Crippen molar-refractivity contribution in [3.63, 3.8) is 0 Å². The number of carbonyl (C=O) groups excluding carboxylic acids is 1. The number of aryl methyl sites for hydroxylation is 2. The van der Waals surface area contributed by atoms with E-state index in [9.17, 15) is 4.79 Å². The van der Waals surface area contributed by atoms with Gasteiger partial charge in [-0.15, -0.1) is 11.6 Å². The number of hydrogen-bond acceptors (Lipinski definition) is 1. The minimum Gasteiger partial charge on any atom is -0.316 e. The van der Waals surface area contributed by atoms with E-state index in [0.29, 0.717) is 10.6 Å². The van der Waals surface area contributed by atoms with E-state index in [2.05, 4.69) is 0 Å². The molecule has 2 nitrogen and oxygen atoms in total. The molecule has 0 bridgehead atoms. The second kappa shape index (κ2) is 5.40. The van der Waals surface area contributed by atoms with Gasteiger partial charge in [-0.2, -0.15) is 0 Å². The molecule has 0 unspecified atom stereocenters. The molecular weight excluding hydrogens is 281 g/mol. The number of nitrogens with zero attached hydrogens (tertiary/aromatic N) is 1. The fourth-order valence-corrected chi connectivity index (χ4v) is 2.65. The second-order valence-electron chi connectivity index (χ2n) is 4.59. The van der Waals surface area contributed by atoms with Gasteiger partial charge in [0.2, 0.25) is 0 Å². The molecule has 0 fully saturated rings. The lowest BCUT2D eigenvalue weighted by atomic mass is 10.2. The van der Waals surface area contributed by atoms with Crippen LogP contribution in [0.3, 0.4) is 0 Å². The Morgan fingerprint density at radius 2 is 1.95 bits per heavy atom. The van der Waals surface area contributed by atoms with Crippen LogP contribution in [-0.4, -0.2) is 16.2 Å². The zero-order valence-electron chi connectivity index (χ0n) is 11.1. The van der Waals surface area contributed by atoms with E-state index >= 15 is 0 Å². The van der Waals surface area contributed by atoms with Crippen LogP contribution >= 0.6 is 23.2 Å². The molecule has 2 aromatic rings. The van der Waals surface area contributed by atoms with Gasteiger partial charge in [-0.3, -0.25) is 4.79 Å². The molecule has 1 aromatic carbocycles. The van der Waals surface area contributed by atoms with Crippen LogP contribution in [0.1, 0.15) is 27.3 Å². The Hall–Kier alpha value is -1.25. The Morgan fingerprint density at radius 3 is 2.58 bits per heavy atom. The van der Waals surface area contributed by atoms with Crippen LogP contribution in [0.4, 0.5) is 0 Å². The van der Waals surface area contributed by atoms with Crippen molar-refractivity contribution in [1.29, 1.82) is 0 Å². The molecule has 0 radical (unpaired) electrons. The first-order chi connectivity index (χ1) is 8.97. The zero-order valence-corrected chi connectivity index (χ0v) is 12.6. The van der Waals surface area contributed by atoms with Gasteiger partial charge < -0.3 is 4.57 Å². The maximum absolute atomic E-state index is 11.8. The highest BCUT2D eigenvalue weighted by molar-refractivity contribution is 6.33. The third kappa shape index (κ3) is 2.43. The second-order valence-corrected chi connectivity index (χ2v) is 5.23. The van der Waals surface area contributed by atoms with Crippen LogP contribution in [-0.2, 0) is 0 Å². The lowest BCUT2D eigenvalue weighted by molar-refractivity contribution is 0.102. The molecule has 0 N–H and O–H groups in total. The number of aromatic nitrogens is 1. The molecule has 4 heteroatoms. The van der Waals surface area contributed by atoms with Gasteiger partial charge in [-0.25, -0.2) is 0 Å². The number of halogens is 2. The summed E-state index contributed by atoms with van der Waals surface area (Å²) in [5, 5.41) is 0.703. The van der Waals surface area contributed by atoms with Gasteiger partial charge in [0, 0.05) is 17.0 Å². The van der Waals surface area contributed by atoms with Gasteiger partial charge in [0.05, 0.1) is 16.6 Å². The number of Topliss-reactive ketones (excluding diaryl/α,β-unsaturated/α-hetero) is 1. The highest BCUT2D eigenvalue weighted by Gasteiger charge is 2.17. The molecule has 1 heterocycles. The van der Waals surface area contributed by atoms with Crippen molar-refractivity contribution < 1.29 is 4.79 Å². The van der Waals surface area contributed by atoms with Crippen molar-refractivity contribution in [2.24, 2.45) is 0 Å². The average Bonchev–Trinajstić information content (AvgIpc) is 2.68. The van der Waals surface area contributed by atoms with Gasteiger partial charge in [-0.1, -0.05) is 23.7 Å². The minimum absolute atomic E-state index is 0.00809. The molecule has 0 aliphatic carbocycles. The molecule has 0 aliphatic rings. The number of alkyl halides is 1. The fraction of sp³-hybridized carbons (Fsp3) is 0.267. The Labute approximate surface area is 123 Å². The van der Waals surface area contributed by atoms with Crippen LogP contribution in [0.5, 0.6) is 0 Å². The number of rotatable bonds is 3. The van der Waals surface area contributed by atoms with Crippen molar-refractivity contribution in [3.8, 4) is 5.69 Å².